The number of hydrogen-bond donors (Lipinski definition) is 2. The molecule has 0 unspecified atom stereocenters. The molecule has 19 heavy (non-hydrogen) atoms. The van der Waals surface area contributed by atoms with Crippen LogP contribution < -0.4 is 11.1 Å². The summed E-state index contributed by atoms with van der Waals surface area (Å²) in [4.78, 5) is 12.6. The third-order valence-electron chi connectivity index (χ3n) is 3.24. The standard InChI is InChI=1S/C11H16N4O2S2/c1-2-7-14-15-10(19-7)13-9(16)11(8(12)18)3-5-17-6-4-11/h2-6H2,1H3,(H2,12,18)(H,13,15,16). The zero-order chi connectivity index (χ0) is 13.9. The first-order valence-electron chi connectivity index (χ1n) is 6.10. The van der Waals surface area contributed by atoms with Crippen LogP contribution in [0.2, 0.25) is 0 Å². The van der Waals surface area contributed by atoms with Crippen LogP contribution in [0.4, 0.5) is 5.13 Å². The number of aromatic nitrogens is 2. The van der Waals surface area contributed by atoms with Crippen molar-refractivity contribution in [1.29, 1.82) is 0 Å². The molecule has 8 heteroatoms. The zero-order valence-electron chi connectivity index (χ0n) is 10.6. The maximum Gasteiger partial charge on any atom is 0.239 e. The largest absolute Gasteiger partial charge is 0.392 e. The van der Waals surface area contributed by atoms with E-state index in [4.69, 9.17) is 22.7 Å². The van der Waals surface area contributed by atoms with Crippen LogP contribution >= 0.6 is 23.6 Å². The second kappa shape index (κ2) is 5.89. The number of carbonyl (C=O) groups excluding carboxylic acids is 1. The molecule has 2 rings (SSSR count). The van der Waals surface area contributed by atoms with Crippen LogP contribution in [0.15, 0.2) is 0 Å². The monoisotopic (exact) mass is 300 g/mol. The molecule has 0 spiro atoms. The Labute approximate surface area is 120 Å². The summed E-state index contributed by atoms with van der Waals surface area (Å²) in [6, 6.07) is 0. The summed E-state index contributed by atoms with van der Waals surface area (Å²) in [6.07, 6.45) is 1.81. The Morgan fingerprint density at radius 1 is 1.53 bits per heavy atom. The molecule has 1 aromatic heterocycles. The fraction of sp³-hybridized carbons (Fsp3) is 0.636. The van der Waals surface area contributed by atoms with Gasteiger partial charge in [-0.25, -0.2) is 0 Å². The van der Waals surface area contributed by atoms with E-state index in [9.17, 15) is 4.79 Å². The lowest BCUT2D eigenvalue weighted by Gasteiger charge is -2.34. The third kappa shape index (κ3) is 2.90. The van der Waals surface area contributed by atoms with E-state index in [0.717, 1.165) is 11.4 Å². The lowest BCUT2D eigenvalue weighted by Crippen LogP contribution is -2.49. The van der Waals surface area contributed by atoms with E-state index >= 15 is 0 Å². The van der Waals surface area contributed by atoms with Gasteiger partial charge < -0.3 is 10.5 Å². The SMILES string of the molecule is CCc1nnc(NC(=O)C2(C(N)=S)CCOCC2)s1. The number of ether oxygens (including phenoxy) is 1. The van der Waals surface area contributed by atoms with Crippen LogP contribution in [0.5, 0.6) is 0 Å². The first kappa shape index (κ1) is 14.3. The highest BCUT2D eigenvalue weighted by molar-refractivity contribution is 7.80. The van der Waals surface area contributed by atoms with Crippen LogP contribution in [0, 0.1) is 5.41 Å². The summed E-state index contributed by atoms with van der Waals surface area (Å²) < 4.78 is 5.28. The van der Waals surface area contributed by atoms with Crippen LogP contribution in [0.3, 0.4) is 0 Å². The number of thiocarbonyl (C=S) groups is 1. The molecule has 1 fully saturated rings. The van der Waals surface area contributed by atoms with Crippen molar-refractivity contribution < 1.29 is 9.53 Å². The van der Waals surface area contributed by atoms with Gasteiger partial charge in [0.2, 0.25) is 11.0 Å². The highest BCUT2D eigenvalue weighted by Crippen LogP contribution is 2.33. The molecule has 0 bridgehead atoms. The number of anilines is 1. The molecule has 2 heterocycles. The first-order valence-corrected chi connectivity index (χ1v) is 7.32. The highest BCUT2D eigenvalue weighted by atomic mass is 32.1. The Hall–Kier alpha value is -1.12. The molecule has 104 valence electrons. The molecule has 1 aliphatic rings. The smallest absolute Gasteiger partial charge is 0.239 e. The lowest BCUT2D eigenvalue weighted by atomic mass is 9.79. The van der Waals surface area contributed by atoms with Gasteiger partial charge in [0.15, 0.2) is 0 Å². The number of rotatable bonds is 4. The highest BCUT2D eigenvalue weighted by Gasteiger charge is 2.43. The predicted octanol–water partition coefficient (Wildman–Crippen LogP) is 1.12. The van der Waals surface area contributed by atoms with Crippen LogP contribution in [0.25, 0.3) is 0 Å². The molecule has 0 atom stereocenters. The number of carbonyl (C=O) groups is 1. The molecule has 0 radical (unpaired) electrons. The zero-order valence-corrected chi connectivity index (χ0v) is 12.3. The molecule has 1 saturated heterocycles. The number of nitrogens with two attached hydrogens (primary N) is 1. The van der Waals surface area contributed by atoms with Gasteiger partial charge >= 0.3 is 0 Å². The van der Waals surface area contributed by atoms with Crippen LogP contribution in [-0.2, 0) is 16.0 Å². The quantitative estimate of drug-likeness (QED) is 0.810. The molecule has 6 nitrogen and oxygen atoms in total. The minimum absolute atomic E-state index is 0.206. The minimum atomic E-state index is -0.828. The van der Waals surface area contributed by atoms with E-state index in [1.807, 2.05) is 6.92 Å². The van der Waals surface area contributed by atoms with E-state index < -0.39 is 5.41 Å². The Kier molecular flexibility index (Phi) is 4.43. The van der Waals surface area contributed by atoms with Crippen molar-refractivity contribution >= 4 is 39.6 Å². The van der Waals surface area contributed by atoms with Gasteiger partial charge in [-0.1, -0.05) is 30.5 Å². The summed E-state index contributed by atoms with van der Waals surface area (Å²) in [6.45, 7) is 2.96. The Bertz CT molecular complexity index is 483. The molecule has 0 aromatic carbocycles. The lowest BCUT2D eigenvalue weighted by molar-refractivity contribution is -0.126. The fourth-order valence-corrected chi connectivity index (χ4v) is 2.94. The molecular weight excluding hydrogens is 284 g/mol. The van der Waals surface area contributed by atoms with Crippen molar-refractivity contribution in [3.05, 3.63) is 5.01 Å². The van der Waals surface area contributed by atoms with Gasteiger partial charge in [0.25, 0.3) is 0 Å². The average molecular weight is 300 g/mol. The molecule has 0 saturated carbocycles. The van der Waals surface area contributed by atoms with Gasteiger partial charge in [0.05, 0.1) is 4.99 Å². The van der Waals surface area contributed by atoms with Crippen molar-refractivity contribution in [3.63, 3.8) is 0 Å². The molecule has 0 aliphatic carbocycles. The summed E-state index contributed by atoms with van der Waals surface area (Å²) in [5.74, 6) is -0.206. The Morgan fingerprint density at radius 2 is 2.21 bits per heavy atom. The average Bonchev–Trinajstić information content (AvgIpc) is 2.87. The van der Waals surface area contributed by atoms with Gasteiger partial charge in [0, 0.05) is 13.2 Å². The van der Waals surface area contributed by atoms with Crippen molar-refractivity contribution in [3.8, 4) is 0 Å². The number of aryl methyl sites for hydroxylation is 1. The Morgan fingerprint density at radius 3 is 2.74 bits per heavy atom. The second-order valence-corrected chi connectivity index (χ2v) is 5.87. The summed E-state index contributed by atoms with van der Waals surface area (Å²) >= 11 is 6.44. The van der Waals surface area contributed by atoms with Gasteiger partial charge in [-0.2, -0.15) is 0 Å². The summed E-state index contributed by atoms with van der Waals surface area (Å²) in [7, 11) is 0. The molecule has 1 aliphatic heterocycles. The van der Waals surface area contributed by atoms with E-state index in [1.165, 1.54) is 11.3 Å². The Balaban J connectivity index is 2.13. The molecule has 1 amide bonds. The number of hydrogen-bond acceptors (Lipinski definition) is 6. The van der Waals surface area contributed by atoms with Crippen LogP contribution in [-0.4, -0.2) is 34.3 Å². The van der Waals surface area contributed by atoms with Crippen molar-refractivity contribution in [2.45, 2.75) is 26.2 Å². The predicted molar refractivity (Wildman–Crippen MR) is 77.2 cm³/mol. The van der Waals surface area contributed by atoms with Crippen LogP contribution in [0.1, 0.15) is 24.8 Å². The topological polar surface area (TPSA) is 90.1 Å². The normalized spacial score (nSPS) is 17.9. The van der Waals surface area contributed by atoms with E-state index in [1.54, 1.807) is 0 Å². The maximum absolute atomic E-state index is 12.4. The summed E-state index contributed by atoms with van der Waals surface area (Å²) in [5, 5.41) is 12.0. The van der Waals surface area contributed by atoms with Gasteiger partial charge in [-0.05, 0) is 19.3 Å². The number of nitrogens with zero attached hydrogens (tertiary/aromatic N) is 2. The molecule has 1 aromatic rings. The molecule has 3 N–H and O–H groups in total. The number of nitrogens with one attached hydrogen (secondary N) is 1. The fourth-order valence-electron chi connectivity index (χ4n) is 1.97. The number of amides is 1. The maximum atomic E-state index is 12.4. The first-order chi connectivity index (χ1) is 9.08. The van der Waals surface area contributed by atoms with E-state index in [-0.39, 0.29) is 10.9 Å². The van der Waals surface area contributed by atoms with E-state index in [2.05, 4.69) is 15.5 Å². The van der Waals surface area contributed by atoms with Crippen molar-refractivity contribution in [1.82, 2.24) is 10.2 Å². The van der Waals surface area contributed by atoms with Gasteiger partial charge in [0.1, 0.15) is 10.4 Å². The minimum Gasteiger partial charge on any atom is -0.392 e. The second-order valence-electron chi connectivity index (χ2n) is 4.37. The van der Waals surface area contributed by atoms with Crippen molar-refractivity contribution in [2.75, 3.05) is 18.5 Å². The van der Waals surface area contributed by atoms with Gasteiger partial charge in [-0.3, -0.25) is 10.1 Å². The summed E-state index contributed by atoms with van der Waals surface area (Å²) in [5.41, 5.74) is 4.94. The van der Waals surface area contributed by atoms with Gasteiger partial charge in [-0.15, -0.1) is 10.2 Å². The van der Waals surface area contributed by atoms with Crippen molar-refractivity contribution in [2.24, 2.45) is 11.1 Å². The third-order valence-corrected chi connectivity index (χ3v) is 4.62. The molecular formula is C11H16N4O2S2. The van der Waals surface area contributed by atoms with E-state index in [0.29, 0.717) is 31.2 Å².